The van der Waals surface area contributed by atoms with Crippen LogP contribution in [0.4, 0.5) is 0 Å². The van der Waals surface area contributed by atoms with Gasteiger partial charge in [-0.25, -0.2) is 18.1 Å². The minimum Gasteiger partial charge on any atom is -0.468 e. The fourth-order valence-corrected chi connectivity index (χ4v) is 3.85. The summed E-state index contributed by atoms with van der Waals surface area (Å²) in [6.07, 6.45) is 0.938. The summed E-state index contributed by atoms with van der Waals surface area (Å²) in [6.45, 7) is 0.0959. The minimum absolute atomic E-state index is 0.0959. The third-order valence-electron chi connectivity index (χ3n) is 4.90. The molecular formula is C25H22N2O5S. The van der Waals surface area contributed by atoms with E-state index >= 15 is 0 Å². The zero-order chi connectivity index (χ0) is 23.4. The lowest BCUT2D eigenvalue weighted by atomic mass is 9.99. The van der Waals surface area contributed by atoms with Gasteiger partial charge in [-0.1, -0.05) is 36.4 Å². The van der Waals surface area contributed by atoms with E-state index in [2.05, 4.69) is 0 Å². The first-order chi connectivity index (χ1) is 15.8. The maximum absolute atomic E-state index is 12.1. The zero-order valence-electron chi connectivity index (χ0n) is 18.1. The van der Waals surface area contributed by atoms with E-state index in [4.69, 9.17) is 14.5 Å². The van der Waals surface area contributed by atoms with Gasteiger partial charge in [0.15, 0.2) is 6.79 Å². The molecule has 0 unspecified atom stereocenters. The number of benzene rings is 3. The van der Waals surface area contributed by atoms with E-state index in [9.17, 15) is 13.2 Å². The van der Waals surface area contributed by atoms with Crippen molar-refractivity contribution in [2.45, 2.75) is 0 Å². The van der Waals surface area contributed by atoms with Gasteiger partial charge in [-0.3, -0.25) is 4.79 Å². The SMILES string of the molecule is COCOc1cc(-c2ccc(C(=O)NS(C)(=O)=O)cc2)cc(-c2ccc3ccccc3n2)c1. The first-order valence-corrected chi connectivity index (χ1v) is 12.0. The van der Waals surface area contributed by atoms with Crippen LogP contribution in [-0.2, 0) is 14.8 Å². The van der Waals surface area contributed by atoms with Crippen molar-refractivity contribution >= 4 is 26.8 Å². The molecular weight excluding hydrogens is 440 g/mol. The van der Waals surface area contributed by atoms with Gasteiger partial charge < -0.3 is 9.47 Å². The maximum Gasteiger partial charge on any atom is 0.264 e. The second-order valence-electron chi connectivity index (χ2n) is 7.47. The molecule has 0 aliphatic carbocycles. The van der Waals surface area contributed by atoms with Gasteiger partial charge in [-0.15, -0.1) is 0 Å². The van der Waals surface area contributed by atoms with Gasteiger partial charge in [-0.2, -0.15) is 0 Å². The Labute approximate surface area is 192 Å². The number of hydrogen-bond donors (Lipinski definition) is 1. The normalized spacial score (nSPS) is 11.3. The van der Waals surface area contributed by atoms with Crippen LogP contribution in [0.25, 0.3) is 33.3 Å². The molecule has 0 spiro atoms. The summed E-state index contributed by atoms with van der Waals surface area (Å²) in [5.74, 6) is -0.0690. The molecule has 0 saturated heterocycles. The van der Waals surface area contributed by atoms with E-state index in [1.165, 1.54) is 0 Å². The van der Waals surface area contributed by atoms with Crippen LogP contribution in [0.2, 0.25) is 0 Å². The van der Waals surface area contributed by atoms with Crippen LogP contribution in [-0.4, -0.2) is 39.5 Å². The number of fused-ring (bicyclic) bond motifs is 1. The largest absolute Gasteiger partial charge is 0.468 e. The number of carbonyl (C=O) groups is 1. The number of pyridine rings is 1. The van der Waals surface area contributed by atoms with E-state index in [1.807, 2.05) is 59.3 Å². The fraction of sp³-hybridized carbons (Fsp3) is 0.120. The minimum atomic E-state index is -3.64. The predicted octanol–water partition coefficient (Wildman–Crippen LogP) is 4.24. The third-order valence-corrected chi connectivity index (χ3v) is 5.46. The summed E-state index contributed by atoms with van der Waals surface area (Å²) in [6, 6.07) is 24.3. The molecule has 8 heteroatoms. The van der Waals surface area contributed by atoms with Crippen LogP contribution in [0.15, 0.2) is 78.9 Å². The molecule has 0 saturated carbocycles. The molecule has 0 fully saturated rings. The summed E-state index contributed by atoms with van der Waals surface area (Å²) < 4.78 is 35.3. The number of aromatic nitrogens is 1. The molecule has 0 aliphatic heterocycles. The molecule has 1 N–H and O–H groups in total. The number of carbonyl (C=O) groups excluding carboxylic acids is 1. The number of amides is 1. The van der Waals surface area contributed by atoms with Gasteiger partial charge >= 0.3 is 0 Å². The lowest BCUT2D eigenvalue weighted by molar-refractivity contribution is 0.0512. The quantitative estimate of drug-likeness (QED) is 0.413. The molecule has 3 aromatic carbocycles. The standard InChI is InChI=1S/C25H22N2O5S/c1-31-16-32-22-14-20(17-7-9-19(10-8-17)25(28)27-33(2,29)30)13-21(15-22)24-12-11-18-5-3-4-6-23(18)26-24/h3-15H,16H2,1-2H3,(H,27,28). The van der Waals surface area contributed by atoms with Crippen LogP contribution in [0.3, 0.4) is 0 Å². The van der Waals surface area contributed by atoms with E-state index in [0.717, 1.165) is 39.5 Å². The molecule has 1 heterocycles. The number of nitrogens with one attached hydrogen (secondary N) is 1. The van der Waals surface area contributed by atoms with Crippen molar-refractivity contribution in [3.8, 4) is 28.1 Å². The topological polar surface area (TPSA) is 94.6 Å². The Kier molecular flexibility index (Phi) is 6.39. The van der Waals surface area contributed by atoms with Gasteiger partial charge in [0.25, 0.3) is 5.91 Å². The highest BCUT2D eigenvalue weighted by Gasteiger charge is 2.12. The highest BCUT2D eigenvalue weighted by atomic mass is 32.2. The number of rotatable bonds is 7. The van der Waals surface area contributed by atoms with Crippen molar-refractivity contribution in [2.75, 3.05) is 20.2 Å². The van der Waals surface area contributed by atoms with E-state index in [1.54, 1.807) is 31.4 Å². The average Bonchev–Trinajstić information content (AvgIpc) is 2.81. The number of para-hydroxylation sites is 1. The average molecular weight is 463 g/mol. The van der Waals surface area contributed by atoms with Crippen molar-refractivity contribution in [2.24, 2.45) is 0 Å². The highest BCUT2D eigenvalue weighted by molar-refractivity contribution is 7.89. The van der Waals surface area contributed by atoms with Crippen LogP contribution in [0, 0.1) is 0 Å². The Morgan fingerprint density at radius 3 is 2.36 bits per heavy atom. The number of ether oxygens (including phenoxy) is 2. The highest BCUT2D eigenvalue weighted by Crippen LogP contribution is 2.32. The van der Waals surface area contributed by atoms with E-state index < -0.39 is 15.9 Å². The van der Waals surface area contributed by atoms with E-state index in [0.29, 0.717) is 5.75 Å². The molecule has 4 aromatic rings. The molecule has 33 heavy (non-hydrogen) atoms. The lowest BCUT2D eigenvalue weighted by Crippen LogP contribution is -2.29. The number of hydrogen-bond acceptors (Lipinski definition) is 6. The summed E-state index contributed by atoms with van der Waals surface area (Å²) in [7, 11) is -2.08. The maximum atomic E-state index is 12.1. The first kappa shape index (κ1) is 22.4. The van der Waals surface area contributed by atoms with Crippen molar-refractivity contribution < 1.29 is 22.7 Å². The molecule has 1 amide bonds. The molecule has 1 aromatic heterocycles. The molecule has 0 bridgehead atoms. The summed E-state index contributed by atoms with van der Waals surface area (Å²) in [5.41, 5.74) is 4.47. The number of nitrogens with zero attached hydrogens (tertiary/aromatic N) is 1. The predicted molar refractivity (Wildman–Crippen MR) is 127 cm³/mol. The van der Waals surface area contributed by atoms with Gasteiger partial charge in [0, 0.05) is 23.6 Å². The van der Waals surface area contributed by atoms with Crippen molar-refractivity contribution in [1.82, 2.24) is 9.71 Å². The van der Waals surface area contributed by atoms with Crippen LogP contribution >= 0.6 is 0 Å². The van der Waals surface area contributed by atoms with E-state index in [-0.39, 0.29) is 12.4 Å². The summed E-state index contributed by atoms with van der Waals surface area (Å²) in [5, 5.41) is 1.05. The molecule has 4 rings (SSSR count). The second-order valence-corrected chi connectivity index (χ2v) is 9.22. The lowest BCUT2D eigenvalue weighted by Gasteiger charge is -2.12. The first-order valence-electron chi connectivity index (χ1n) is 10.1. The Morgan fingerprint density at radius 2 is 1.64 bits per heavy atom. The molecule has 7 nitrogen and oxygen atoms in total. The van der Waals surface area contributed by atoms with Crippen molar-refractivity contribution in [3.05, 3.63) is 84.4 Å². The van der Waals surface area contributed by atoms with Crippen molar-refractivity contribution in [1.29, 1.82) is 0 Å². The van der Waals surface area contributed by atoms with Crippen LogP contribution in [0.1, 0.15) is 10.4 Å². The molecule has 0 atom stereocenters. The van der Waals surface area contributed by atoms with Gasteiger partial charge in [0.2, 0.25) is 10.0 Å². The Hall–Kier alpha value is -3.75. The van der Waals surface area contributed by atoms with Gasteiger partial charge in [0.05, 0.1) is 17.5 Å². The van der Waals surface area contributed by atoms with Crippen LogP contribution < -0.4 is 9.46 Å². The number of methoxy groups -OCH3 is 1. The van der Waals surface area contributed by atoms with Crippen LogP contribution in [0.5, 0.6) is 5.75 Å². The van der Waals surface area contributed by atoms with Gasteiger partial charge in [-0.05, 0) is 53.6 Å². The number of sulfonamides is 1. The molecule has 0 aliphatic rings. The zero-order valence-corrected chi connectivity index (χ0v) is 18.9. The summed E-state index contributed by atoms with van der Waals surface area (Å²) >= 11 is 0. The Morgan fingerprint density at radius 1 is 0.909 bits per heavy atom. The Balaban J connectivity index is 1.72. The van der Waals surface area contributed by atoms with Crippen molar-refractivity contribution in [3.63, 3.8) is 0 Å². The molecule has 168 valence electrons. The molecule has 0 radical (unpaired) electrons. The summed E-state index contributed by atoms with van der Waals surface area (Å²) in [4.78, 5) is 16.9. The van der Waals surface area contributed by atoms with Gasteiger partial charge in [0.1, 0.15) is 5.75 Å². The second kappa shape index (κ2) is 9.40. The fourth-order valence-electron chi connectivity index (χ4n) is 3.39. The monoisotopic (exact) mass is 462 g/mol. The Bertz CT molecular complexity index is 1420. The third kappa shape index (κ3) is 5.54. The smallest absolute Gasteiger partial charge is 0.264 e.